The van der Waals surface area contributed by atoms with E-state index in [0.29, 0.717) is 22.3 Å². The number of hydrogen-bond donors (Lipinski definition) is 0. The van der Waals surface area contributed by atoms with Gasteiger partial charge in [0.05, 0.1) is 16.2 Å². The minimum Gasteiger partial charge on any atom is -0.285 e. The van der Waals surface area contributed by atoms with Crippen molar-refractivity contribution in [1.82, 2.24) is 14.6 Å². The molecule has 1 aromatic carbocycles. The second-order valence-corrected chi connectivity index (χ2v) is 6.59. The van der Waals surface area contributed by atoms with Crippen LogP contribution in [-0.2, 0) is 6.42 Å². The van der Waals surface area contributed by atoms with Gasteiger partial charge in [0, 0.05) is 24.8 Å². The van der Waals surface area contributed by atoms with E-state index in [2.05, 4.69) is 5.10 Å². The molecule has 7 heteroatoms. The molecule has 1 aliphatic rings. The van der Waals surface area contributed by atoms with E-state index < -0.39 is 0 Å². The maximum Gasteiger partial charge on any atom is 0.292 e. The van der Waals surface area contributed by atoms with E-state index in [-0.39, 0.29) is 5.91 Å². The number of carbonyl (C=O) groups is 1. The molecule has 0 unspecified atom stereocenters. The highest BCUT2D eigenvalue weighted by Crippen LogP contribution is 2.29. The molecule has 0 saturated carbocycles. The van der Waals surface area contributed by atoms with Gasteiger partial charge in [0.25, 0.3) is 5.91 Å². The van der Waals surface area contributed by atoms with Gasteiger partial charge < -0.3 is 0 Å². The van der Waals surface area contributed by atoms with E-state index in [1.165, 1.54) is 0 Å². The maximum absolute atomic E-state index is 12.9. The number of amides is 1. The standard InChI is InChI=1S/C17H14Cl2N4O/c1-21-16-5-3-12(18)8-11(16)6-7-23(21)17(24)15-9-14-4-2-13(19)10-22(14)20-15/h2-5,8-10H,6-7H2,1H3. The van der Waals surface area contributed by atoms with E-state index in [9.17, 15) is 4.79 Å². The summed E-state index contributed by atoms with van der Waals surface area (Å²) in [5.74, 6) is -0.141. The van der Waals surface area contributed by atoms with Crippen LogP contribution < -0.4 is 5.01 Å². The second kappa shape index (κ2) is 5.69. The minimum absolute atomic E-state index is 0.141. The van der Waals surface area contributed by atoms with Gasteiger partial charge in [-0.2, -0.15) is 5.10 Å². The zero-order chi connectivity index (χ0) is 16.8. The van der Waals surface area contributed by atoms with Crippen molar-refractivity contribution in [2.24, 2.45) is 0 Å². The Hall–Kier alpha value is -2.24. The summed E-state index contributed by atoms with van der Waals surface area (Å²) in [6.07, 6.45) is 2.44. The number of nitrogens with zero attached hydrogens (tertiary/aromatic N) is 4. The number of benzene rings is 1. The van der Waals surface area contributed by atoms with Gasteiger partial charge in [0.15, 0.2) is 5.69 Å². The number of hydrogen-bond acceptors (Lipinski definition) is 3. The summed E-state index contributed by atoms with van der Waals surface area (Å²) in [6.45, 7) is 0.581. The number of fused-ring (bicyclic) bond motifs is 2. The van der Waals surface area contributed by atoms with Gasteiger partial charge >= 0.3 is 0 Å². The molecule has 24 heavy (non-hydrogen) atoms. The van der Waals surface area contributed by atoms with Crippen LogP contribution in [0.5, 0.6) is 0 Å². The zero-order valence-corrected chi connectivity index (χ0v) is 14.4. The molecular formula is C17H14Cl2N4O. The van der Waals surface area contributed by atoms with Crippen molar-refractivity contribution in [1.29, 1.82) is 0 Å². The van der Waals surface area contributed by atoms with Crippen molar-refractivity contribution < 1.29 is 4.79 Å². The van der Waals surface area contributed by atoms with Gasteiger partial charge in [-0.3, -0.25) is 9.80 Å². The smallest absolute Gasteiger partial charge is 0.285 e. The van der Waals surface area contributed by atoms with Crippen molar-refractivity contribution in [3.05, 3.63) is 63.9 Å². The molecule has 0 saturated heterocycles. The van der Waals surface area contributed by atoms with Crippen LogP contribution in [0, 0.1) is 0 Å². The number of aromatic nitrogens is 2. The first kappa shape index (κ1) is 15.3. The number of halogens is 2. The predicted molar refractivity (Wildman–Crippen MR) is 94.8 cm³/mol. The number of anilines is 1. The van der Waals surface area contributed by atoms with Crippen LogP contribution >= 0.6 is 23.2 Å². The Bertz CT molecular complexity index is 953. The van der Waals surface area contributed by atoms with Gasteiger partial charge in [0.1, 0.15) is 0 Å². The van der Waals surface area contributed by atoms with Crippen LogP contribution in [0.3, 0.4) is 0 Å². The monoisotopic (exact) mass is 360 g/mol. The first-order valence-corrected chi connectivity index (χ1v) is 8.27. The fraction of sp³-hybridized carbons (Fsp3) is 0.176. The molecule has 122 valence electrons. The maximum atomic E-state index is 12.9. The largest absolute Gasteiger partial charge is 0.292 e. The van der Waals surface area contributed by atoms with Crippen molar-refractivity contribution >= 4 is 40.3 Å². The molecule has 2 aromatic heterocycles. The highest BCUT2D eigenvalue weighted by molar-refractivity contribution is 6.31. The molecule has 0 aliphatic carbocycles. The Labute approximate surface area is 149 Å². The first-order chi connectivity index (χ1) is 11.5. The van der Waals surface area contributed by atoms with Gasteiger partial charge in [-0.15, -0.1) is 0 Å². The molecule has 4 rings (SSSR count). The summed E-state index contributed by atoms with van der Waals surface area (Å²) in [5.41, 5.74) is 3.33. The zero-order valence-electron chi connectivity index (χ0n) is 12.9. The average molecular weight is 361 g/mol. The van der Waals surface area contributed by atoms with Crippen LogP contribution in [0.2, 0.25) is 10.0 Å². The topological polar surface area (TPSA) is 40.9 Å². The molecular weight excluding hydrogens is 347 g/mol. The van der Waals surface area contributed by atoms with Gasteiger partial charge in [-0.1, -0.05) is 23.2 Å². The molecule has 3 aromatic rings. The lowest BCUT2D eigenvalue weighted by Crippen LogP contribution is -2.48. The first-order valence-electron chi connectivity index (χ1n) is 7.52. The summed E-state index contributed by atoms with van der Waals surface area (Å²) in [4.78, 5) is 12.9. The van der Waals surface area contributed by atoms with Gasteiger partial charge in [-0.05, 0) is 48.4 Å². The van der Waals surface area contributed by atoms with E-state index in [4.69, 9.17) is 23.2 Å². The molecule has 0 fully saturated rings. The number of rotatable bonds is 1. The van der Waals surface area contributed by atoms with Crippen LogP contribution in [0.15, 0.2) is 42.6 Å². The lowest BCUT2D eigenvalue weighted by Gasteiger charge is -2.38. The Balaban J connectivity index is 1.67. The SMILES string of the molecule is CN1c2ccc(Cl)cc2CCN1C(=O)c1cc2ccc(Cl)cn2n1. The third-order valence-electron chi connectivity index (χ3n) is 4.22. The summed E-state index contributed by atoms with van der Waals surface area (Å²) < 4.78 is 1.62. The second-order valence-electron chi connectivity index (χ2n) is 5.72. The molecule has 1 amide bonds. The summed E-state index contributed by atoms with van der Waals surface area (Å²) in [7, 11) is 1.87. The highest BCUT2D eigenvalue weighted by atomic mass is 35.5. The molecule has 5 nitrogen and oxygen atoms in total. The fourth-order valence-electron chi connectivity index (χ4n) is 3.01. The lowest BCUT2D eigenvalue weighted by molar-refractivity contribution is 0.0732. The van der Waals surface area contributed by atoms with E-state index >= 15 is 0 Å². The Morgan fingerprint density at radius 3 is 2.75 bits per heavy atom. The highest BCUT2D eigenvalue weighted by Gasteiger charge is 2.28. The minimum atomic E-state index is -0.141. The van der Waals surface area contributed by atoms with E-state index in [1.807, 2.05) is 36.3 Å². The molecule has 3 heterocycles. The van der Waals surface area contributed by atoms with Gasteiger partial charge in [0.2, 0.25) is 0 Å². The Morgan fingerprint density at radius 2 is 1.92 bits per heavy atom. The lowest BCUT2D eigenvalue weighted by atomic mass is 10.1. The van der Waals surface area contributed by atoms with Crippen molar-refractivity contribution in [3.63, 3.8) is 0 Å². The number of pyridine rings is 1. The molecule has 1 aliphatic heterocycles. The van der Waals surface area contributed by atoms with E-state index in [1.54, 1.807) is 27.9 Å². The molecule has 0 spiro atoms. The Morgan fingerprint density at radius 1 is 1.12 bits per heavy atom. The predicted octanol–water partition coefficient (Wildman–Crippen LogP) is 3.69. The summed E-state index contributed by atoms with van der Waals surface area (Å²) in [6, 6.07) is 11.1. The van der Waals surface area contributed by atoms with Crippen molar-refractivity contribution in [3.8, 4) is 0 Å². The molecule has 0 N–H and O–H groups in total. The molecule has 0 atom stereocenters. The number of hydrazine groups is 1. The average Bonchev–Trinajstić information content (AvgIpc) is 2.97. The summed E-state index contributed by atoms with van der Waals surface area (Å²) in [5, 5.41) is 9.18. The Kier molecular flexibility index (Phi) is 3.62. The van der Waals surface area contributed by atoms with Crippen LogP contribution in [0.1, 0.15) is 16.1 Å². The fourth-order valence-corrected chi connectivity index (χ4v) is 3.36. The molecule has 0 radical (unpaired) electrons. The normalized spacial score (nSPS) is 14.1. The third kappa shape index (κ3) is 2.50. The summed E-state index contributed by atoms with van der Waals surface area (Å²) >= 11 is 12.0. The van der Waals surface area contributed by atoms with Crippen LogP contribution in [-0.4, -0.2) is 34.1 Å². The molecule has 0 bridgehead atoms. The third-order valence-corrected chi connectivity index (χ3v) is 4.68. The van der Waals surface area contributed by atoms with Crippen molar-refractivity contribution in [2.75, 3.05) is 18.6 Å². The van der Waals surface area contributed by atoms with Crippen LogP contribution in [0.25, 0.3) is 5.52 Å². The quantitative estimate of drug-likeness (QED) is 0.664. The number of carbonyl (C=O) groups excluding carboxylic acids is 1. The van der Waals surface area contributed by atoms with Gasteiger partial charge in [-0.25, -0.2) is 9.52 Å². The van der Waals surface area contributed by atoms with E-state index in [0.717, 1.165) is 23.2 Å². The van der Waals surface area contributed by atoms with Crippen LogP contribution in [0.4, 0.5) is 5.69 Å². The van der Waals surface area contributed by atoms with Crippen molar-refractivity contribution in [2.45, 2.75) is 6.42 Å².